The van der Waals surface area contributed by atoms with Gasteiger partial charge in [-0.25, -0.2) is 0 Å². The minimum Gasteiger partial charge on any atom is -0.383 e. The van der Waals surface area contributed by atoms with E-state index in [2.05, 4.69) is 14.6 Å². The Kier molecular flexibility index (Phi) is 5.85. The molecule has 6 heteroatoms. The molecular formula is C11H19ClN4S. The Morgan fingerprint density at radius 2 is 2.12 bits per heavy atom. The van der Waals surface area contributed by atoms with Crippen LogP contribution in [0.5, 0.6) is 0 Å². The summed E-state index contributed by atoms with van der Waals surface area (Å²) in [5.41, 5.74) is 6.82. The fourth-order valence-electron chi connectivity index (χ4n) is 2.14. The molecule has 0 amide bonds. The molecule has 1 fully saturated rings. The normalized spacial score (nSPS) is 17.8. The van der Waals surface area contributed by atoms with Gasteiger partial charge in [-0.3, -0.25) is 4.99 Å². The average molecular weight is 275 g/mol. The van der Waals surface area contributed by atoms with Crippen LogP contribution in [-0.2, 0) is 0 Å². The van der Waals surface area contributed by atoms with Gasteiger partial charge in [0.2, 0.25) is 0 Å². The molecule has 96 valence electrons. The third-order valence-electron chi connectivity index (χ3n) is 3.13. The number of aromatic nitrogens is 2. The van der Waals surface area contributed by atoms with E-state index in [1.54, 1.807) is 0 Å². The molecule has 17 heavy (non-hydrogen) atoms. The maximum Gasteiger partial charge on any atom is 0.139 e. The van der Waals surface area contributed by atoms with Crippen molar-refractivity contribution in [1.82, 2.24) is 9.59 Å². The van der Waals surface area contributed by atoms with Crippen molar-refractivity contribution in [3.8, 4) is 0 Å². The van der Waals surface area contributed by atoms with E-state index >= 15 is 0 Å². The molecule has 0 atom stereocenters. The van der Waals surface area contributed by atoms with Gasteiger partial charge < -0.3 is 5.73 Å². The lowest BCUT2D eigenvalue weighted by Crippen LogP contribution is -2.17. The van der Waals surface area contributed by atoms with Crippen LogP contribution < -0.4 is 5.73 Å². The van der Waals surface area contributed by atoms with Gasteiger partial charge in [0.1, 0.15) is 10.7 Å². The average Bonchev–Trinajstić information content (AvgIpc) is 2.74. The molecule has 0 aliphatic heterocycles. The third-order valence-corrected chi connectivity index (χ3v) is 3.98. The summed E-state index contributed by atoms with van der Waals surface area (Å²) in [6.45, 7) is 2.78. The second-order valence-corrected chi connectivity index (χ2v) is 5.17. The number of aliphatic imine (C=N–C) groups is 1. The van der Waals surface area contributed by atoms with Gasteiger partial charge in [0.25, 0.3) is 0 Å². The van der Waals surface area contributed by atoms with Gasteiger partial charge in [0.15, 0.2) is 0 Å². The Morgan fingerprint density at radius 3 is 2.71 bits per heavy atom. The first kappa shape index (κ1) is 14.4. The van der Waals surface area contributed by atoms with Crippen LogP contribution in [0, 0.1) is 12.8 Å². The molecule has 4 nitrogen and oxygen atoms in total. The van der Waals surface area contributed by atoms with E-state index < -0.39 is 0 Å². The summed E-state index contributed by atoms with van der Waals surface area (Å²) >= 11 is 1.33. The van der Waals surface area contributed by atoms with Gasteiger partial charge in [0.05, 0.1) is 5.69 Å². The zero-order valence-corrected chi connectivity index (χ0v) is 11.7. The van der Waals surface area contributed by atoms with Crippen LogP contribution >= 0.6 is 23.9 Å². The Balaban J connectivity index is 0.00000144. The molecule has 0 saturated heterocycles. The topological polar surface area (TPSA) is 64.2 Å². The second-order valence-electron chi connectivity index (χ2n) is 4.42. The molecule has 1 aliphatic rings. The lowest BCUT2D eigenvalue weighted by molar-refractivity contribution is 0.367. The largest absolute Gasteiger partial charge is 0.383 e. The van der Waals surface area contributed by atoms with Gasteiger partial charge in [-0.15, -0.1) is 17.5 Å². The molecule has 0 aromatic carbocycles. The van der Waals surface area contributed by atoms with Crippen molar-refractivity contribution in [3.63, 3.8) is 0 Å². The summed E-state index contributed by atoms with van der Waals surface area (Å²) in [5, 5.41) is 3.94. The molecule has 0 radical (unpaired) electrons. The third kappa shape index (κ3) is 3.92. The van der Waals surface area contributed by atoms with E-state index in [-0.39, 0.29) is 12.4 Å². The highest BCUT2D eigenvalue weighted by atomic mass is 35.5. The molecular weight excluding hydrogens is 256 g/mol. The number of nitrogens with zero attached hydrogens (tertiary/aromatic N) is 3. The van der Waals surface area contributed by atoms with Crippen LogP contribution in [0.25, 0.3) is 0 Å². The fraction of sp³-hybridized carbons (Fsp3) is 0.727. The highest BCUT2D eigenvalue weighted by Gasteiger charge is 2.13. The first-order valence-corrected chi connectivity index (χ1v) is 6.64. The number of hydrogen-bond donors (Lipinski definition) is 1. The van der Waals surface area contributed by atoms with Gasteiger partial charge in [-0.1, -0.05) is 23.8 Å². The predicted molar refractivity (Wildman–Crippen MR) is 74.1 cm³/mol. The lowest BCUT2D eigenvalue weighted by Gasteiger charge is -2.19. The number of amidine groups is 1. The summed E-state index contributed by atoms with van der Waals surface area (Å²) in [6.07, 6.45) is 6.68. The Morgan fingerprint density at radius 1 is 1.41 bits per heavy atom. The van der Waals surface area contributed by atoms with E-state index in [0.717, 1.165) is 23.0 Å². The van der Waals surface area contributed by atoms with E-state index in [4.69, 9.17) is 5.73 Å². The quantitative estimate of drug-likeness (QED) is 0.680. The number of hydrogen-bond acceptors (Lipinski definition) is 4. The highest BCUT2D eigenvalue weighted by Crippen LogP contribution is 2.23. The smallest absolute Gasteiger partial charge is 0.139 e. The van der Waals surface area contributed by atoms with Crippen LogP contribution in [0.1, 0.15) is 42.7 Å². The summed E-state index contributed by atoms with van der Waals surface area (Å²) in [4.78, 5) is 5.40. The number of nitrogens with two attached hydrogens (primary N) is 1. The zero-order valence-electron chi connectivity index (χ0n) is 10.1. The van der Waals surface area contributed by atoms with E-state index in [1.807, 2.05) is 6.92 Å². The summed E-state index contributed by atoms with van der Waals surface area (Å²) in [5.74, 6) is 1.34. The monoisotopic (exact) mass is 274 g/mol. The van der Waals surface area contributed by atoms with Crippen molar-refractivity contribution in [2.75, 3.05) is 6.54 Å². The zero-order chi connectivity index (χ0) is 11.4. The van der Waals surface area contributed by atoms with Gasteiger partial charge >= 0.3 is 0 Å². The van der Waals surface area contributed by atoms with Crippen LogP contribution in [0.4, 0.5) is 0 Å². The molecule has 1 aliphatic carbocycles. The molecule has 1 aromatic heterocycles. The molecule has 0 unspecified atom stereocenters. The van der Waals surface area contributed by atoms with Gasteiger partial charge in [-0.2, -0.15) is 0 Å². The van der Waals surface area contributed by atoms with E-state index in [0.29, 0.717) is 5.84 Å². The summed E-state index contributed by atoms with van der Waals surface area (Å²) < 4.78 is 3.87. The van der Waals surface area contributed by atoms with Gasteiger partial charge in [0, 0.05) is 6.54 Å². The fourth-order valence-corrected chi connectivity index (χ4v) is 2.71. The minimum absolute atomic E-state index is 0. The number of rotatable bonds is 3. The SMILES string of the molecule is Cc1nnsc1C(N)=NCC1CCCCC1.Cl. The molecule has 2 N–H and O–H groups in total. The molecule has 1 aromatic rings. The Labute approximate surface area is 112 Å². The lowest BCUT2D eigenvalue weighted by atomic mass is 9.89. The molecule has 1 saturated carbocycles. The minimum atomic E-state index is 0. The van der Waals surface area contributed by atoms with Crippen molar-refractivity contribution >= 4 is 29.8 Å². The predicted octanol–water partition coefficient (Wildman–Crippen LogP) is 2.55. The van der Waals surface area contributed by atoms with Crippen LogP contribution in [-0.4, -0.2) is 22.0 Å². The van der Waals surface area contributed by atoms with Crippen LogP contribution in [0.3, 0.4) is 0 Å². The molecule has 0 spiro atoms. The number of halogens is 1. The maximum atomic E-state index is 5.94. The van der Waals surface area contributed by atoms with Crippen LogP contribution in [0.15, 0.2) is 4.99 Å². The van der Waals surface area contributed by atoms with E-state index in [1.165, 1.54) is 43.6 Å². The highest BCUT2D eigenvalue weighted by molar-refractivity contribution is 7.08. The first-order chi connectivity index (χ1) is 7.77. The molecule has 2 rings (SSSR count). The van der Waals surface area contributed by atoms with Crippen LogP contribution in [0.2, 0.25) is 0 Å². The van der Waals surface area contributed by atoms with Crippen molar-refractivity contribution < 1.29 is 0 Å². The summed E-state index contributed by atoms with van der Waals surface area (Å²) in [6, 6.07) is 0. The van der Waals surface area contributed by atoms with Crippen molar-refractivity contribution in [1.29, 1.82) is 0 Å². The second kappa shape index (κ2) is 6.91. The van der Waals surface area contributed by atoms with Crippen molar-refractivity contribution in [2.45, 2.75) is 39.0 Å². The first-order valence-electron chi connectivity index (χ1n) is 5.86. The summed E-state index contributed by atoms with van der Waals surface area (Å²) in [7, 11) is 0. The Bertz CT molecular complexity index is 371. The number of aryl methyl sites for hydroxylation is 1. The van der Waals surface area contributed by atoms with Crippen molar-refractivity contribution in [2.24, 2.45) is 16.6 Å². The molecule has 1 heterocycles. The maximum absolute atomic E-state index is 5.94. The molecule has 0 bridgehead atoms. The van der Waals surface area contributed by atoms with Crippen molar-refractivity contribution in [3.05, 3.63) is 10.6 Å². The van der Waals surface area contributed by atoms with E-state index in [9.17, 15) is 0 Å². The standard InChI is InChI=1S/C11H18N4S.ClH/c1-8-10(16-15-14-8)11(12)13-7-9-5-3-2-4-6-9;/h9H,2-7H2,1H3,(H2,12,13);1H. The Hall–Kier alpha value is -0.680. The van der Waals surface area contributed by atoms with Gasteiger partial charge in [-0.05, 0) is 37.2 Å².